The Morgan fingerprint density at radius 2 is 1.91 bits per heavy atom. The van der Waals surface area contributed by atoms with E-state index < -0.39 is 12.1 Å². The number of rotatable bonds is 1. The number of carbonyl (C=O) groups is 2. The van der Waals surface area contributed by atoms with Crippen LogP contribution in [0.15, 0.2) is 18.5 Å². The van der Waals surface area contributed by atoms with Crippen molar-refractivity contribution in [2.75, 3.05) is 11.4 Å². The van der Waals surface area contributed by atoms with Crippen molar-refractivity contribution in [2.45, 2.75) is 37.5 Å². The van der Waals surface area contributed by atoms with Crippen molar-refractivity contribution in [3.05, 3.63) is 18.5 Å². The molecule has 0 aliphatic carbocycles. The van der Waals surface area contributed by atoms with E-state index >= 15 is 0 Å². The van der Waals surface area contributed by atoms with E-state index in [-0.39, 0.29) is 11.9 Å². The van der Waals surface area contributed by atoms with E-state index in [1.807, 2.05) is 6.07 Å². The van der Waals surface area contributed by atoms with Crippen LogP contribution in [0.5, 0.6) is 0 Å². The average molecular weight is 332 g/mol. The molecule has 7 nitrogen and oxygen atoms in total. The number of piperidine rings is 1. The molecular weight excluding hydrogens is 317 g/mol. The number of anilines is 1. The number of hydrogen-bond donors (Lipinski definition) is 2. The van der Waals surface area contributed by atoms with E-state index in [0.717, 1.165) is 25.3 Å². The zero-order chi connectivity index (χ0) is 17.0. The van der Waals surface area contributed by atoms with Gasteiger partial charge in [0.25, 0.3) is 0 Å². The van der Waals surface area contributed by atoms with Crippen molar-refractivity contribution in [1.82, 2.24) is 15.3 Å². The number of alkyl halides is 3. The highest BCUT2D eigenvalue weighted by Gasteiger charge is 2.39. The first-order valence-corrected chi connectivity index (χ1v) is 6.92. The monoisotopic (exact) mass is 332 g/mol. The summed E-state index contributed by atoms with van der Waals surface area (Å²) in [7, 11) is 0. The lowest BCUT2D eigenvalue weighted by Gasteiger charge is -2.31. The molecule has 0 bridgehead atoms. The lowest BCUT2D eigenvalue weighted by Crippen LogP contribution is -2.49. The number of nitrogens with one attached hydrogen (secondary N) is 1. The van der Waals surface area contributed by atoms with Gasteiger partial charge in [0.05, 0.1) is 12.1 Å². The quantitative estimate of drug-likeness (QED) is 0.796. The molecule has 0 unspecified atom stereocenters. The number of amides is 1. The van der Waals surface area contributed by atoms with E-state index in [2.05, 4.69) is 20.2 Å². The SMILES string of the molecule is O=C(O)C(F)(F)F.O=C1CC[C@H]2[C@@H](CCN2c2ncccn2)N1. The smallest absolute Gasteiger partial charge is 0.475 e. The van der Waals surface area contributed by atoms with Gasteiger partial charge in [-0.2, -0.15) is 13.2 Å². The molecule has 3 rings (SSSR count). The summed E-state index contributed by atoms with van der Waals surface area (Å²) in [6.45, 7) is 0.930. The van der Waals surface area contributed by atoms with Gasteiger partial charge in [-0.1, -0.05) is 0 Å². The molecule has 0 aromatic carbocycles. The number of carboxylic acid groups (broad SMARTS) is 1. The first-order valence-electron chi connectivity index (χ1n) is 6.92. The van der Waals surface area contributed by atoms with Crippen molar-refractivity contribution in [2.24, 2.45) is 0 Å². The topological polar surface area (TPSA) is 95.4 Å². The number of aromatic nitrogens is 2. The lowest BCUT2D eigenvalue weighted by atomic mass is 9.99. The van der Waals surface area contributed by atoms with Gasteiger partial charge in [0, 0.05) is 25.4 Å². The molecule has 1 aromatic rings. The molecule has 2 fully saturated rings. The standard InChI is InChI=1S/C11H14N4O.C2HF3O2/c16-10-3-2-9-8(14-10)4-7-15(9)11-12-5-1-6-13-11;3-2(4,5)1(6)7/h1,5-6,8-9H,2-4,7H2,(H,14,16);(H,6,7)/t8-,9+;/m1./s1. The van der Waals surface area contributed by atoms with Crippen LogP contribution < -0.4 is 10.2 Å². The largest absolute Gasteiger partial charge is 0.490 e. The highest BCUT2D eigenvalue weighted by atomic mass is 19.4. The van der Waals surface area contributed by atoms with Crippen LogP contribution in [0, 0.1) is 0 Å². The summed E-state index contributed by atoms with van der Waals surface area (Å²) in [5.74, 6) is -1.80. The molecular formula is C13H15F3N4O3. The zero-order valence-corrected chi connectivity index (χ0v) is 12.0. The maximum atomic E-state index is 11.3. The third-order valence-corrected chi connectivity index (χ3v) is 3.61. The third-order valence-electron chi connectivity index (χ3n) is 3.61. The molecule has 0 radical (unpaired) electrons. The van der Waals surface area contributed by atoms with Crippen molar-refractivity contribution < 1.29 is 27.9 Å². The normalized spacial score (nSPS) is 23.4. The molecule has 0 saturated carbocycles. The van der Waals surface area contributed by atoms with Crippen molar-refractivity contribution in [3.8, 4) is 0 Å². The Labute approximate surface area is 129 Å². The number of carboxylic acids is 1. The van der Waals surface area contributed by atoms with Gasteiger partial charge in [-0.3, -0.25) is 4.79 Å². The van der Waals surface area contributed by atoms with Gasteiger partial charge in [-0.15, -0.1) is 0 Å². The molecule has 2 aliphatic heterocycles. The van der Waals surface area contributed by atoms with E-state index in [4.69, 9.17) is 9.90 Å². The summed E-state index contributed by atoms with van der Waals surface area (Å²) in [6.07, 6.45) is 0.960. The Hall–Kier alpha value is -2.39. The Morgan fingerprint density at radius 1 is 1.30 bits per heavy atom. The van der Waals surface area contributed by atoms with Gasteiger partial charge < -0.3 is 15.3 Å². The van der Waals surface area contributed by atoms with Gasteiger partial charge in [-0.05, 0) is 18.9 Å². The number of carbonyl (C=O) groups excluding carboxylic acids is 1. The predicted molar refractivity (Wildman–Crippen MR) is 72.6 cm³/mol. The molecule has 126 valence electrons. The van der Waals surface area contributed by atoms with Crippen LogP contribution >= 0.6 is 0 Å². The van der Waals surface area contributed by atoms with Crippen LogP contribution in [-0.4, -0.2) is 51.8 Å². The number of fused-ring (bicyclic) bond motifs is 1. The fourth-order valence-corrected chi connectivity index (χ4v) is 2.62. The maximum Gasteiger partial charge on any atom is 0.490 e. The third kappa shape index (κ3) is 4.30. The summed E-state index contributed by atoms with van der Waals surface area (Å²) >= 11 is 0. The van der Waals surface area contributed by atoms with Gasteiger partial charge >= 0.3 is 12.1 Å². The summed E-state index contributed by atoms with van der Waals surface area (Å²) < 4.78 is 31.7. The Balaban J connectivity index is 0.000000236. The number of halogens is 3. The van der Waals surface area contributed by atoms with Gasteiger partial charge in [0.2, 0.25) is 11.9 Å². The first kappa shape index (κ1) is 17.0. The molecule has 2 aliphatic rings. The Kier molecular flexibility index (Phi) is 5.02. The van der Waals surface area contributed by atoms with Crippen LogP contribution in [0.4, 0.5) is 19.1 Å². The highest BCUT2D eigenvalue weighted by molar-refractivity contribution is 5.77. The average Bonchev–Trinajstić information content (AvgIpc) is 2.90. The molecule has 0 spiro atoms. The number of nitrogens with zero attached hydrogens (tertiary/aromatic N) is 3. The van der Waals surface area contributed by atoms with Gasteiger partial charge in [0.1, 0.15) is 0 Å². The van der Waals surface area contributed by atoms with E-state index in [1.54, 1.807) is 12.4 Å². The number of hydrogen-bond acceptors (Lipinski definition) is 5. The Bertz CT molecular complexity index is 567. The highest BCUT2D eigenvalue weighted by Crippen LogP contribution is 2.28. The minimum atomic E-state index is -5.08. The molecule has 2 saturated heterocycles. The van der Waals surface area contributed by atoms with E-state index in [0.29, 0.717) is 12.5 Å². The molecule has 2 atom stereocenters. The second kappa shape index (κ2) is 6.80. The zero-order valence-electron chi connectivity index (χ0n) is 12.0. The Morgan fingerprint density at radius 3 is 2.48 bits per heavy atom. The minimum Gasteiger partial charge on any atom is -0.475 e. The van der Waals surface area contributed by atoms with Crippen LogP contribution in [0.25, 0.3) is 0 Å². The fraction of sp³-hybridized carbons (Fsp3) is 0.538. The van der Waals surface area contributed by atoms with Crippen LogP contribution in [0.3, 0.4) is 0 Å². The summed E-state index contributed by atoms with van der Waals surface area (Å²) in [6, 6.07) is 2.48. The van der Waals surface area contributed by atoms with E-state index in [9.17, 15) is 18.0 Å². The molecule has 10 heteroatoms. The predicted octanol–water partition coefficient (Wildman–Crippen LogP) is 0.967. The van der Waals surface area contributed by atoms with Crippen LogP contribution in [0.2, 0.25) is 0 Å². The van der Waals surface area contributed by atoms with E-state index in [1.165, 1.54) is 0 Å². The lowest BCUT2D eigenvalue weighted by molar-refractivity contribution is -0.192. The van der Waals surface area contributed by atoms with Gasteiger partial charge in [0.15, 0.2) is 0 Å². The van der Waals surface area contributed by atoms with Crippen LogP contribution in [-0.2, 0) is 9.59 Å². The fourth-order valence-electron chi connectivity index (χ4n) is 2.62. The first-order chi connectivity index (χ1) is 10.8. The van der Waals surface area contributed by atoms with Crippen molar-refractivity contribution in [3.63, 3.8) is 0 Å². The summed E-state index contributed by atoms with van der Waals surface area (Å²) in [5.41, 5.74) is 0. The van der Waals surface area contributed by atoms with Crippen molar-refractivity contribution >= 4 is 17.8 Å². The molecule has 3 heterocycles. The maximum absolute atomic E-state index is 11.3. The molecule has 23 heavy (non-hydrogen) atoms. The van der Waals surface area contributed by atoms with Crippen LogP contribution in [0.1, 0.15) is 19.3 Å². The molecule has 1 aromatic heterocycles. The summed E-state index contributed by atoms with van der Waals surface area (Å²) in [5, 5.41) is 10.2. The minimum absolute atomic E-state index is 0.178. The van der Waals surface area contributed by atoms with Crippen molar-refractivity contribution in [1.29, 1.82) is 0 Å². The second-order valence-corrected chi connectivity index (χ2v) is 5.11. The second-order valence-electron chi connectivity index (χ2n) is 5.11. The van der Waals surface area contributed by atoms with Gasteiger partial charge in [-0.25, -0.2) is 14.8 Å². The molecule has 1 amide bonds. The summed E-state index contributed by atoms with van der Waals surface area (Å²) in [4.78, 5) is 30.9. The molecule has 2 N–H and O–H groups in total. The number of aliphatic carboxylic acids is 1.